The number of carbonyl (C=O) groups excluding carboxylic acids is 1. The lowest BCUT2D eigenvalue weighted by atomic mass is 9.86. The van der Waals surface area contributed by atoms with Crippen molar-refractivity contribution in [2.45, 2.75) is 32.3 Å². The quantitative estimate of drug-likeness (QED) is 0.308. The van der Waals surface area contributed by atoms with Crippen LogP contribution in [0.25, 0.3) is 22.1 Å². The Morgan fingerprint density at radius 3 is 2.35 bits per heavy atom. The zero-order chi connectivity index (χ0) is 26.7. The van der Waals surface area contributed by atoms with Crippen LogP contribution in [0.2, 0.25) is 0 Å². The van der Waals surface area contributed by atoms with Gasteiger partial charge >= 0.3 is 5.97 Å². The fourth-order valence-electron chi connectivity index (χ4n) is 4.28. The van der Waals surface area contributed by atoms with Gasteiger partial charge in [-0.25, -0.2) is 0 Å². The first-order valence-corrected chi connectivity index (χ1v) is 11.7. The number of hydrogen-bond donors (Lipinski definition) is 2. The second-order valence-electron chi connectivity index (χ2n) is 8.81. The predicted octanol–water partition coefficient (Wildman–Crippen LogP) is 5.36. The van der Waals surface area contributed by atoms with Gasteiger partial charge in [-0.3, -0.25) is 9.59 Å². The number of rotatable bonds is 8. The molecule has 4 rings (SSSR count). The highest BCUT2D eigenvalue weighted by molar-refractivity contribution is 5.87. The normalized spacial score (nSPS) is 11.9. The minimum atomic E-state index is -0.723. The third-order valence-electron chi connectivity index (χ3n) is 6.03. The molecule has 8 heteroatoms. The van der Waals surface area contributed by atoms with Gasteiger partial charge in [-0.1, -0.05) is 18.2 Å². The van der Waals surface area contributed by atoms with Crippen molar-refractivity contribution in [3.05, 3.63) is 82.2 Å². The summed E-state index contributed by atoms with van der Waals surface area (Å²) in [6.07, 6.45) is 1.06. The van der Waals surface area contributed by atoms with Crippen molar-refractivity contribution < 1.29 is 33.6 Å². The molecule has 0 aliphatic carbocycles. The van der Waals surface area contributed by atoms with E-state index in [0.717, 1.165) is 0 Å². The number of esters is 1. The number of methoxy groups -OCH3 is 2. The average Bonchev–Trinajstić information content (AvgIpc) is 2.88. The second-order valence-corrected chi connectivity index (χ2v) is 8.81. The maximum Gasteiger partial charge on any atom is 0.306 e. The first-order chi connectivity index (χ1) is 17.7. The Morgan fingerprint density at radius 2 is 1.70 bits per heavy atom. The van der Waals surface area contributed by atoms with E-state index in [1.807, 2.05) is 13.8 Å². The van der Waals surface area contributed by atoms with Crippen molar-refractivity contribution in [1.29, 1.82) is 0 Å². The highest BCUT2D eigenvalue weighted by Gasteiger charge is 2.27. The van der Waals surface area contributed by atoms with Crippen LogP contribution in [-0.4, -0.2) is 36.5 Å². The number of ether oxygens (including phenoxy) is 3. The molecule has 0 aliphatic rings. The van der Waals surface area contributed by atoms with E-state index >= 15 is 0 Å². The lowest BCUT2D eigenvalue weighted by molar-refractivity contribution is -0.140. The molecule has 4 aromatic rings. The van der Waals surface area contributed by atoms with Gasteiger partial charge in [0.2, 0.25) is 5.43 Å². The van der Waals surface area contributed by atoms with Crippen LogP contribution in [0.1, 0.15) is 37.3 Å². The van der Waals surface area contributed by atoms with Crippen molar-refractivity contribution in [2.24, 2.45) is 0 Å². The van der Waals surface area contributed by atoms with Gasteiger partial charge in [0.05, 0.1) is 37.7 Å². The topological polar surface area (TPSA) is 115 Å². The minimum absolute atomic E-state index is 0.0760. The van der Waals surface area contributed by atoms with Crippen molar-refractivity contribution in [1.82, 2.24) is 0 Å². The largest absolute Gasteiger partial charge is 0.508 e. The van der Waals surface area contributed by atoms with Crippen LogP contribution in [0.15, 0.2) is 70.1 Å². The molecule has 1 heterocycles. The Hall–Kier alpha value is -4.46. The Morgan fingerprint density at radius 1 is 0.973 bits per heavy atom. The third kappa shape index (κ3) is 5.23. The molecule has 0 radical (unpaired) electrons. The highest BCUT2D eigenvalue weighted by Crippen LogP contribution is 2.42. The summed E-state index contributed by atoms with van der Waals surface area (Å²) < 4.78 is 22.2. The molecule has 0 spiro atoms. The maximum atomic E-state index is 13.4. The zero-order valence-electron chi connectivity index (χ0n) is 21.0. The Kier molecular flexibility index (Phi) is 7.38. The van der Waals surface area contributed by atoms with Crippen LogP contribution in [-0.2, 0) is 9.53 Å². The number of phenolic OH excluding ortho intramolecular Hbond substituents is 2. The monoisotopic (exact) mass is 504 g/mol. The van der Waals surface area contributed by atoms with E-state index in [9.17, 15) is 19.8 Å². The lowest BCUT2D eigenvalue weighted by Gasteiger charge is -2.21. The van der Waals surface area contributed by atoms with Crippen molar-refractivity contribution in [3.8, 4) is 34.1 Å². The summed E-state index contributed by atoms with van der Waals surface area (Å²) in [4.78, 5) is 25.9. The molecular formula is C29H28O8. The summed E-state index contributed by atoms with van der Waals surface area (Å²) in [5, 5.41) is 20.8. The number of hydrogen-bond acceptors (Lipinski definition) is 8. The fraction of sp³-hybridized carbons (Fsp3) is 0.241. The van der Waals surface area contributed by atoms with E-state index in [4.69, 9.17) is 18.6 Å². The molecule has 0 fully saturated rings. The first-order valence-electron chi connectivity index (χ1n) is 11.7. The molecule has 1 unspecified atom stereocenters. The summed E-state index contributed by atoms with van der Waals surface area (Å²) in [6, 6.07) is 14.3. The molecule has 0 saturated heterocycles. The van der Waals surface area contributed by atoms with E-state index in [1.165, 1.54) is 44.7 Å². The first kappa shape index (κ1) is 25.6. The molecule has 0 bridgehead atoms. The SMILES string of the molecule is COC(=O)CC(c1ccc(OC)c(OC(C)C)c1)c1c(O)ccc2c(=O)c(-c3ccc(O)cc3)coc12. The van der Waals surface area contributed by atoms with Crippen LogP contribution in [0.4, 0.5) is 0 Å². The standard InChI is InChI=1S/C29H28O8/c1-16(2)37-25-13-18(7-12-24(25)34-3)21(14-26(32)35-4)27-23(31)11-10-20-28(33)22(15-36-29(20)27)17-5-8-19(30)9-6-17/h5-13,15-16,21,30-31H,14H2,1-4H3. The predicted molar refractivity (Wildman–Crippen MR) is 138 cm³/mol. The third-order valence-corrected chi connectivity index (χ3v) is 6.03. The lowest BCUT2D eigenvalue weighted by Crippen LogP contribution is -2.13. The molecule has 1 aromatic heterocycles. The smallest absolute Gasteiger partial charge is 0.306 e. The van der Waals surface area contributed by atoms with Crippen molar-refractivity contribution in [2.75, 3.05) is 14.2 Å². The molecule has 192 valence electrons. The molecule has 0 aliphatic heterocycles. The number of benzene rings is 3. The Labute approximate surface area is 213 Å². The molecule has 1 atom stereocenters. The van der Waals surface area contributed by atoms with E-state index < -0.39 is 11.9 Å². The van der Waals surface area contributed by atoms with Crippen LogP contribution < -0.4 is 14.9 Å². The average molecular weight is 505 g/mol. The van der Waals surface area contributed by atoms with Gasteiger partial charge in [-0.15, -0.1) is 0 Å². The Balaban J connectivity index is 1.93. The second kappa shape index (κ2) is 10.7. The van der Waals surface area contributed by atoms with Gasteiger partial charge in [-0.2, -0.15) is 0 Å². The van der Waals surface area contributed by atoms with E-state index in [0.29, 0.717) is 28.2 Å². The van der Waals surface area contributed by atoms with Crippen LogP contribution in [0.3, 0.4) is 0 Å². The Bertz CT molecular complexity index is 1480. The van der Waals surface area contributed by atoms with Crippen LogP contribution >= 0.6 is 0 Å². The maximum absolute atomic E-state index is 13.4. The van der Waals surface area contributed by atoms with Crippen molar-refractivity contribution >= 4 is 16.9 Å². The summed E-state index contributed by atoms with van der Waals surface area (Å²) in [6.45, 7) is 3.77. The zero-order valence-corrected chi connectivity index (χ0v) is 21.0. The molecule has 37 heavy (non-hydrogen) atoms. The molecule has 2 N–H and O–H groups in total. The molecule has 3 aromatic carbocycles. The summed E-state index contributed by atoms with van der Waals surface area (Å²) in [5.74, 6) is -0.302. The van der Waals surface area contributed by atoms with Gasteiger partial charge in [0.15, 0.2) is 11.5 Å². The van der Waals surface area contributed by atoms with Gasteiger partial charge < -0.3 is 28.8 Å². The van der Waals surface area contributed by atoms with Gasteiger partial charge in [0, 0.05) is 11.5 Å². The van der Waals surface area contributed by atoms with Gasteiger partial charge in [0.25, 0.3) is 0 Å². The fourth-order valence-corrected chi connectivity index (χ4v) is 4.28. The number of carbonyl (C=O) groups is 1. The van der Waals surface area contributed by atoms with Gasteiger partial charge in [-0.05, 0) is 61.4 Å². The van der Waals surface area contributed by atoms with Crippen LogP contribution in [0.5, 0.6) is 23.0 Å². The number of fused-ring (bicyclic) bond motifs is 1. The van der Waals surface area contributed by atoms with E-state index in [1.54, 1.807) is 30.3 Å². The number of aromatic hydroxyl groups is 2. The minimum Gasteiger partial charge on any atom is -0.508 e. The summed E-state index contributed by atoms with van der Waals surface area (Å²) >= 11 is 0. The summed E-state index contributed by atoms with van der Waals surface area (Å²) in [5.41, 5.74) is 1.62. The van der Waals surface area contributed by atoms with Crippen LogP contribution in [0, 0.1) is 0 Å². The van der Waals surface area contributed by atoms with E-state index in [-0.39, 0.29) is 46.0 Å². The highest BCUT2D eigenvalue weighted by atomic mass is 16.5. The van der Waals surface area contributed by atoms with Gasteiger partial charge in [0.1, 0.15) is 23.3 Å². The molecule has 8 nitrogen and oxygen atoms in total. The molecule has 0 amide bonds. The van der Waals surface area contributed by atoms with Crippen molar-refractivity contribution in [3.63, 3.8) is 0 Å². The van der Waals surface area contributed by atoms with E-state index in [2.05, 4.69) is 0 Å². The number of phenols is 2. The molecular weight excluding hydrogens is 476 g/mol. The summed E-state index contributed by atoms with van der Waals surface area (Å²) in [7, 11) is 2.82. The molecule has 0 saturated carbocycles.